The minimum absolute atomic E-state index is 0.159. The first-order valence-electron chi connectivity index (χ1n) is 9.09. The molecule has 1 amide bonds. The SMILES string of the molecule is CCCOC(=O)c1cccc(NC(=O)COc2c(Cl)cc(C=O)cc2OCC)c1. The van der Waals surface area contributed by atoms with Crippen molar-refractivity contribution in [3.63, 3.8) is 0 Å². The van der Waals surface area contributed by atoms with Crippen LogP contribution in [0.2, 0.25) is 5.02 Å². The fourth-order valence-electron chi connectivity index (χ4n) is 2.40. The molecule has 2 aromatic rings. The number of benzene rings is 2. The first-order chi connectivity index (χ1) is 14.0. The van der Waals surface area contributed by atoms with Gasteiger partial charge in [-0.1, -0.05) is 24.6 Å². The van der Waals surface area contributed by atoms with E-state index in [2.05, 4.69) is 5.32 Å². The normalized spacial score (nSPS) is 10.2. The molecule has 154 valence electrons. The number of rotatable bonds is 10. The van der Waals surface area contributed by atoms with Crippen LogP contribution in [0, 0.1) is 0 Å². The standard InChI is InChI=1S/C21H22ClNO6/c1-3-8-28-21(26)15-6-5-7-16(11-15)23-19(25)13-29-20-17(22)9-14(12-24)10-18(20)27-4-2/h5-7,9-12H,3-4,8,13H2,1-2H3,(H,23,25). The van der Waals surface area contributed by atoms with E-state index in [4.69, 9.17) is 25.8 Å². The van der Waals surface area contributed by atoms with E-state index in [1.165, 1.54) is 18.2 Å². The Balaban J connectivity index is 2.04. The second kappa shape index (κ2) is 11.1. The molecular formula is C21H22ClNO6. The molecule has 0 atom stereocenters. The van der Waals surface area contributed by atoms with Crippen molar-refractivity contribution in [2.24, 2.45) is 0 Å². The van der Waals surface area contributed by atoms with Crippen molar-refractivity contribution < 1.29 is 28.6 Å². The first kappa shape index (κ1) is 22.2. The van der Waals surface area contributed by atoms with E-state index < -0.39 is 11.9 Å². The summed E-state index contributed by atoms with van der Waals surface area (Å²) >= 11 is 6.14. The third-order valence-electron chi connectivity index (χ3n) is 3.63. The number of hydrogen-bond donors (Lipinski definition) is 1. The van der Waals surface area contributed by atoms with E-state index in [0.29, 0.717) is 36.3 Å². The Kier molecular flexibility index (Phi) is 8.48. The quantitative estimate of drug-likeness (QED) is 0.459. The van der Waals surface area contributed by atoms with Gasteiger partial charge in [0.05, 0.1) is 23.8 Å². The number of hydrogen-bond acceptors (Lipinski definition) is 6. The highest BCUT2D eigenvalue weighted by atomic mass is 35.5. The number of amides is 1. The molecule has 0 bridgehead atoms. The Bertz CT molecular complexity index is 883. The zero-order valence-electron chi connectivity index (χ0n) is 16.2. The molecule has 0 saturated carbocycles. The third kappa shape index (κ3) is 6.50. The van der Waals surface area contributed by atoms with Crippen LogP contribution in [0.5, 0.6) is 11.5 Å². The lowest BCUT2D eigenvalue weighted by Gasteiger charge is -2.14. The minimum atomic E-state index is -0.456. The van der Waals surface area contributed by atoms with Crippen molar-refractivity contribution in [2.75, 3.05) is 25.1 Å². The summed E-state index contributed by atoms with van der Waals surface area (Å²) < 4.78 is 16.0. The summed E-state index contributed by atoms with van der Waals surface area (Å²) in [6, 6.07) is 9.32. The highest BCUT2D eigenvalue weighted by Gasteiger charge is 2.15. The lowest BCUT2D eigenvalue weighted by Crippen LogP contribution is -2.20. The van der Waals surface area contributed by atoms with E-state index >= 15 is 0 Å². The molecule has 29 heavy (non-hydrogen) atoms. The van der Waals surface area contributed by atoms with E-state index in [0.717, 1.165) is 6.42 Å². The number of halogens is 1. The first-order valence-corrected chi connectivity index (χ1v) is 9.47. The van der Waals surface area contributed by atoms with Gasteiger partial charge in [-0.25, -0.2) is 4.79 Å². The Labute approximate surface area is 173 Å². The predicted octanol–water partition coefficient (Wildman–Crippen LogP) is 4.14. The molecule has 0 heterocycles. The zero-order valence-corrected chi connectivity index (χ0v) is 17.0. The maximum Gasteiger partial charge on any atom is 0.338 e. The molecule has 0 aliphatic heterocycles. The van der Waals surface area contributed by atoms with Crippen molar-refractivity contribution in [3.05, 3.63) is 52.5 Å². The second-order valence-corrected chi connectivity index (χ2v) is 6.34. The fourth-order valence-corrected chi connectivity index (χ4v) is 2.67. The van der Waals surface area contributed by atoms with Crippen LogP contribution in [0.4, 0.5) is 5.69 Å². The summed E-state index contributed by atoms with van der Waals surface area (Å²) in [4.78, 5) is 35.2. The highest BCUT2D eigenvalue weighted by Crippen LogP contribution is 2.36. The van der Waals surface area contributed by atoms with Gasteiger partial charge >= 0.3 is 5.97 Å². The predicted molar refractivity (Wildman–Crippen MR) is 109 cm³/mol. The lowest BCUT2D eigenvalue weighted by molar-refractivity contribution is -0.118. The number of carbonyl (C=O) groups excluding carboxylic acids is 3. The number of ether oxygens (including phenoxy) is 3. The molecule has 1 N–H and O–H groups in total. The lowest BCUT2D eigenvalue weighted by atomic mass is 10.2. The van der Waals surface area contributed by atoms with Crippen molar-refractivity contribution in [2.45, 2.75) is 20.3 Å². The van der Waals surface area contributed by atoms with Crippen molar-refractivity contribution in [1.29, 1.82) is 0 Å². The Morgan fingerprint density at radius 1 is 1.14 bits per heavy atom. The average Bonchev–Trinajstić information content (AvgIpc) is 2.71. The summed E-state index contributed by atoms with van der Waals surface area (Å²) in [6.07, 6.45) is 1.36. The van der Waals surface area contributed by atoms with Crippen LogP contribution in [0.3, 0.4) is 0 Å². The summed E-state index contributed by atoms with van der Waals surface area (Å²) in [6.45, 7) is 4.00. The smallest absolute Gasteiger partial charge is 0.338 e. The van der Waals surface area contributed by atoms with Crippen molar-refractivity contribution >= 4 is 35.5 Å². The van der Waals surface area contributed by atoms with Crippen LogP contribution < -0.4 is 14.8 Å². The topological polar surface area (TPSA) is 90.9 Å². The van der Waals surface area contributed by atoms with Crippen molar-refractivity contribution in [1.82, 2.24) is 0 Å². The monoisotopic (exact) mass is 419 g/mol. The zero-order chi connectivity index (χ0) is 21.2. The molecular weight excluding hydrogens is 398 g/mol. The molecule has 0 unspecified atom stereocenters. The van der Waals surface area contributed by atoms with Gasteiger partial charge in [0, 0.05) is 11.3 Å². The van der Waals surface area contributed by atoms with Crippen LogP contribution in [-0.4, -0.2) is 38.0 Å². The minimum Gasteiger partial charge on any atom is -0.490 e. The van der Waals surface area contributed by atoms with E-state index in [9.17, 15) is 14.4 Å². The van der Waals surface area contributed by atoms with Gasteiger partial charge in [0.15, 0.2) is 18.1 Å². The van der Waals surface area contributed by atoms with Crippen LogP contribution in [0.1, 0.15) is 41.0 Å². The Morgan fingerprint density at radius 3 is 2.62 bits per heavy atom. The van der Waals surface area contributed by atoms with E-state index in [1.54, 1.807) is 25.1 Å². The van der Waals surface area contributed by atoms with Gasteiger partial charge < -0.3 is 19.5 Å². The van der Waals surface area contributed by atoms with Gasteiger partial charge in [0.25, 0.3) is 5.91 Å². The van der Waals surface area contributed by atoms with E-state index in [-0.39, 0.29) is 23.1 Å². The average molecular weight is 420 g/mol. The largest absolute Gasteiger partial charge is 0.490 e. The molecule has 2 aromatic carbocycles. The van der Waals surface area contributed by atoms with Gasteiger partial charge in [0.1, 0.15) is 6.29 Å². The number of esters is 1. The second-order valence-electron chi connectivity index (χ2n) is 5.93. The summed E-state index contributed by atoms with van der Waals surface area (Å²) in [5.74, 6) is -0.466. The molecule has 0 radical (unpaired) electrons. The van der Waals surface area contributed by atoms with Crippen LogP contribution in [-0.2, 0) is 9.53 Å². The van der Waals surface area contributed by atoms with Gasteiger partial charge in [0.2, 0.25) is 0 Å². The van der Waals surface area contributed by atoms with Crippen LogP contribution >= 0.6 is 11.6 Å². The molecule has 0 aromatic heterocycles. The molecule has 8 heteroatoms. The third-order valence-corrected chi connectivity index (χ3v) is 3.92. The Morgan fingerprint density at radius 2 is 1.93 bits per heavy atom. The molecule has 0 fully saturated rings. The maximum absolute atomic E-state index is 12.3. The number of carbonyl (C=O) groups is 3. The van der Waals surface area contributed by atoms with Gasteiger partial charge in [-0.15, -0.1) is 0 Å². The highest BCUT2D eigenvalue weighted by molar-refractivity contribution is 6.32. The molecule has 0 saturated heterocycles. The fraction of sp³-hybridized carbons (Fsp3) is 0.286. The molecule has 0 spiro atoms. The van der Waals surface area contributed by atoms with Gasteiger partial charge in [-0.05, 0) is 43.7 Å². The van der Waals surface area contributed by atoms with Crippen molar-refractivity contribution in [3.8, 4) is 11.5 Å². The Hall–Kier alpha value is -3.06. The molecule has 2 rings (SSSR count). The summed E-state index contributed by atoms with van der Waals surface area (Å²) in [5, 5.41) is 2.80. The summed E-state index contributed by atoms with van der Waals surface area (Å²) in [5.41, 5.74) is 1.10. The molecule has 7 nitrogen and oxygen atoms in total. The maximum atomic E-state index is 12.3. The van der Waals surface area contributed by atoms with Crippen LogP contribution in [0.25, 0.3) is 0 Å². The number of anilines is 1. The number of nitrogens with one attached hydrogen (secondary N) is 1. The number of aldehydes is 1. The van der Waals surface area contributed by atoms with Gasteiger partial charge in [-0.2, -0.15) is 0 Å². The van der Waals surface area contributed by atoms with E-state index in [1.807, 2.05) is 6.92 Å². The molecule has 0 aliphatic carbocycles. The summed E-state index contributed by atoms with van der Waals surface area (Å²) in [7, 11) is 0. The van der Waals surface area contributed by atoms with Gasteiger partial charge in [-0.3, -0.25) is 9.59 Å². The van der Waals surface area contributed by atoms with Crippen LogP contribution in [0.15, 0.2) is 36.4 Å². The molecule has 0 aliphatic rings.